The Labute approximate surface area is 146 Å². The lowest BCUT2D eigenvalue weighted by Gasteiger charge is -2.17. The smallest absolute Gasteiger partial charge is 0.305 e. The molecule has 0 heterocycles. The molecule has 0 aliphatic carbocycles. The van der Waals surface area contributed by atoms with Crippen LogP contribution in [0.5, 0.6) is 0 Å². The Morgan fingerprint density at radius 1 is 1.27 bits per heavy atom. The Bertz CT molecular complexity index is 480. The van der Waals surface area contributed by atoms with Gasteiger partial charge in [-0.3, -0.25) is 4.79 Å². The molecule has 0 saturated carbocycles. The molecule has 1 aromatic rings. The maximum atomic E-state index is 11.0. The molecule has 22 heavy (non-hydrogen) atoms. The van der Waals surface area contributed by atoms with E-state index in [4.69, 9.17) is 12.2 Å². The molecule has 0 aliphatic heterocycles. The van der Waals surface area contributed by atoms with Crippen LogP contribution in [0.3, 0.4) is 0 Å². The number of unbranched alkanes of at least 4 members (excludes halogenated alkanes) is 2. The van der Waals surface area contributed by atoms with E-state index in [0.717, 1.165) is 30.3 Å². The molecule has 0 spiro atoms. The average molecular weight is 387 g/mol. The number of thiocarbonyl (C=S) groups is 1. The summed E-state index contributed by atoms with van der Waals surface area (Å²) in [6, 6.07) is 8.33. The topological polar surface area (TPSA) is 50.4 Å². The molecular formula is C16H23BrN2O2S. The van der Waals surface area contributed by atoms with Crippen molar-refractivity contribution in [2.45, 2.75) is 38.6 Å². The van der Waals surface area contributed by atoms with E-state index >= 15 is 0 Å². The van der Waals surface area contributed by atoms with E-state index in [-0.39, 0.29) is 12.0 Å². The van der Waals surface area contributed by atoms with Gasteiger partial charge in [0.25, 0.3) is 0 Å². The van der Waals surface area contributed by atoms with E-state index in [1.165, 1.54) is 12.7 Å². The van der Waals surface area contributed by atoms with Crippen molar-refractivity contribution in [3.8, 4) is 0 Å². The normalized spacial score (nSPS) is 11.6. The Kier molecular flexibility index (Phi) is 9.08. The van der Waals surface area contributed by atoms with E-state index in [1.54, 1.807) is 0 Å². The van der Waals surface area contributed by atoms with Gasteiger partial charge in [0.1, 0.15) is 0 Å². The molecule has 0 bridgehead atoms. The van der Waals surface area contributed by atoms with Gasteiger partial charge in [0.15, 0.2) is 5.11 Å². The van der Waals surface area contributed by atoms with Gasteiger partial charge in [-0.25, -0.2) is 0 Å². The highest BCUT2D eigenvalue weighted by molar-refractivity contribution is 9.10. The second-order valence-electron chi connectivity index (χ2n) is 5.06. The minimum Gasteiger partial charge on any atom is -0.469 e. The number of carbonyl (C=O) groups is 1. The highest BCUT2D eigenvalue weighted by Gasteiger charge is 2.06. The number of ether oxygens (including phenoxy) is 1. The van der Waals surface area contributed by atoms with Crippen molar-refractivity contribution < 1.29 is 9.53 Å². The molecule has 1 atom stereocenters. The summed E-state index contributed by atoms with van der Waals surface area (Å²) in [7, 11) is 1.42. The molecule has 4 nitrogen and oxygen atoms in total. The lowest BCUT2D eigenvalue weighted by atomic mass is 10.1. The zero-order valence-electron chi connectivity index (χ0n) is 13.0. The molecule has 2 N–H and O–H groups in total. The molecule has 0 saturated heterocycles. The Morgan fingerprint density at radius 2 is 1.95 bits per heavy atom. The number of nitrogens with one attached hydrogen (secondary N) is 2. The summed E-state index contributed by atoms with van der Waals surface area (Å²) >= 11 is 8.71. The highest BCUT2D eigenvalue weighted by atomic mass is 79.9. The first-order valence-corrected chi connectivity index (χ1v) is 8.59. The number of hydrogen-bond donors (Lipinski definition) is 2. The summed E-state index contributed by atoms with van der Waals surface area (Å²) in [6.45, 7) is 2.88. The number of halogens is 1. The first-order chi connectivity index (χ1) is 10.5. The van der Waals surface area contributed by atoms with Crippen LogP contribution in [0.15, 0.2) is 28.7 Å². The van der Waals surface area contributed by atoms with E-state index in [1.807, 2.05) is 12.1 Å². The van der Waals surface area contributed by atoms with Crippen molar-refractivity contribution in [1.29, 1.82) is 0 Å². The van der Waals surface area contributed by atoms with Crippen LogP contribution in [0.1, 0.15) is 44.2 Å². The standard InChI is InChI=1S/C16H23BrN2O2S/c1-12(13-7-9-14(17)10-8-13)19-16(22)18-11-5-3-4-6-15(20)21-2/h7-10,12H,3-6,11H2,1-2H3,(H2,18,19,22)/t12-/m0/s1. The molecular weight excluding hydrogens is 364 g/mol. The fraction of sp³-hybridized carbons (Fsp3) is 0.500. The molecule has 1 rings (SSSR count). The first-order valence-electron chi connectivity index (χ1n) is 7.39. The molecule has 122 valence electrons. The number of carbonyl (C=O) groups excluding carboxylic acids is 1. The monoisotopic (exact) mass is 386 g/mol. The predicted molar refractivity (Wildman–Crippen MR) is 96.8 cm³/mol. The number of benzene rings is 1. The number of esters is 1. The van der Waals surface area contributed by atoms with Crippen molar-refractivity contribution in [2.75, 3.05) is 13.7 Å². The van der Waals surface area contributed by atoms with Gasteiger partial charge in [0.2, 0.25) is 0 Å². The maximum Gasteiger partial charge on any atom is 0.305 e. The van der Waals surface area contributed by atoms with Gasteiger partial charge in [-0.05, 0) is 49.7 Å². The number of methoxy groups -OCH3 is 1. The van der Waals surface area contributed by atoms with E-state index < -0.39 is 0 Å². The van der Waals surface area contributed by atoms with E-state index in [2.05, 4.69) is 50.4 Å². The molecule has 1 aromatic carbocycles. The van der Waals surface area contributed by atoms with Crippen molar-refractivity contribution >= 4 is 39.2 Å². The lowest BCUT2D eigenvalue weighted by molar-refractivity contribution is -0.140. The minimum atomic E-state index is -0.145. The summed E-state index contributed by atoms with van der Waals surface area (Å²) in [4.78, 5) is 11.0. The zero-order chi connectivity index (χ0) is 16.4. The van der Waals surface area contributed by atoms with Crippen molar-refractivity contribution in [3.05, 3.63) is 34.3 Å². The second kappa shape index (κ2) is 10.6. The van der Waals surface area contributed by atoms with Gasteiger partial charge < -0.3 is 15.4 Å². The SMILES string of the molecule is COC(=O)CCCCCNC(=S)N[C@@H](C)c1ccc(Br)cc1. The zero-order valence-corrected chi connectivity index (χ0v) is 15.4. The minimum absolute atomic E-state index is 0.145. The van der Waals surface area contributed by atoms with Gasteiger partial charge >= 0.3 is 5.97 Å². The van der Waals surface area contributed by atoms with Crippen LogP contribution >= 0.6 is 28.1 Å². The van der Waals surface area contributed by atoms with Gasteiger partial charge in [-0.15, -0.1) is 0 Å². The molecule has 0 amide bonds. The average Bonchev–Trinajstić information content (AvgIpc) is 2.50. The van der Waals surface area contributed by atoms with Crippen molar-refractivity contribution in [2.24, 2.45) is 0 Å². The maximum absolute atomic E-state index is 11.0. The van der Waals surface area contributed by atoms with Crippen LogP contribution < -0.4 is 10.6 Å². The number of rotatable bonds is 8. The van der Waals surface area contributed by atoms with Gasteiger partial charge in [-0.2, -0.15) is 0 Å². The van der Waals surface area contributed by atoms with Gasteiger partial charge in [0.05, 0.1) is 13.2 Å². The number of hydrogen-bond acceptors (Lipinski definition) is 3. The third-order valence-corrected chi connectivity index (χ3v) is 4.08. The highest BCUT2D eigenvalue weighted by Crippen LogP contribution is 2.16. The molecule has 0 unspecified atom stereocenters. The summed E-state index contributed by atoms with van der Waals surface area (Å²) < 4.78 is 5.67. The first kappa shape index (κ1) is 18.9. The van der Waals surface area contributed by atoms with Gasteiger partial charge in [-0.1, -0.05) is 34.5 Å². The quantitative estimate of drug-likeness (QED) is 0.405. The summed E-state index contributed by atoms with van der Waals surface area (Å²) in [6.07, 6.45) is 3.29. The second-order valence-corrected chi connectivity index (χ2v) is 6.38. The fourth-order valence-electron chi connectivity index (χ4n) is 1.96. The van der Waals surface area contributed by atoms with Crippen LogP contribution in [0.25, 0.3) is 0 Å². The van der Waals surface area contributed by atoms with Crippen LogP contribution in [0.4, 0.5) is 0 Å². The van der Waals surface area contributed by atoms with E-state index in [0.29, 0.717) is 11.5 Å². The molecule has 0 aliphatic rings. The Morgan fingerprint density at radius 3 is 2.59 bits per heavy atom. The fourth-order valence-corrected chi connectivity index (χ4v) is 2.50. The molecule has 0 fully saturated rings. The summed E-state index contributed by atoms with van der Waals surface area (Å²) in [5.41, 5.74) is 1.19. The third kappa shape index (κ3) is 7.75. The Hall–Kier alpha value is -1.14. The van der Waals surface area contributed by atoms with Crippen LogP contribution in [0.2, 0.25) is 0 Å². The van der Waals surface area contributed by atoms with Crippen molar-refractivity contribution in [3.63, 3.8) is 0 Å². The molecule has 0 radical (unpaired) electrons. The largest absolute Gasteiger partial charge is 0.469 e. The van der Waals surface area contributed by atoms with Crippen LogP contribution in [0, 0.1) is 0 Å². The third-order valence-electron chi connectivity index (χ3n) is 3.29. The lowest BCUT2D eigenvalue weighted by Crippen LogP contribution is -2.37. The van der Waals surface area contributed by atoms with Gasteiger partial charge in [0, 0.05) is 17.4 Å². The van der Waals surface area contributed by atoms with E-state index in [9.17, 15) is 4.79 Å². The Balaban J connectivity index is 2.15. The van der Waals surface area contributed by atoms with Crippen LogP contribution in [-0.4, -0.2) is 24.7 Å². The molecule has 0 aromatic heterocycles. The molecule has 6 heteroatoms. The predicted octanol–water partition coefficient (Wildman–Crippen LogP) is 3.71. The van der Waals surface area contributed by atoms with Crippen molar-refractivity contribution in [1.82, 2.24) is 10.6 Å². The summed E-state index contributed by atoms with van der Waals surface area (Å²) in [5.74, 6) is -0.145. The summed E-state index contributed by atoms with van der Waals surface area (Å²) in [5, 5.41) is 7.11. The van der Waals surface area contributed by atoms with Crippen LogP contribution in [-0.2, 0) is 9.53 Å².